The molecule has 0 aliphatic heterocycles. The van der Waals surface area contributed by atoms with E-state index in [0.717, 1.165) is 11.3 Å². The molecule has 21 heavy (non-hydrogen) atoms. The maximum atomic E-state index is 14.2. The first-order chi connectivity index (χ1) is 10.0. The molecule has 2 aromatic carbocycles. The Hall–Kier alpha value is -1.58. The molecule has 4 heteroatoms. The third-order valence-corrected chi connectivity index (χ3v) is 3.44. The Morgan fingerprint density at radius 3 is 2.52 bits per heavy atom. The Labute approximate surface area is 129 Å². The van der Waals surface area contributed by atoms with E-state index in [9.17, 15) is 4.39 Å². The Kier molecular flexibility index (Phi) is 5.21. The number of rotatable bonds is 5. The zero-order valence-electron chi connectivity index (χ0n) is 12.4. The number of halogens is 2. The molecule has 0 bridgehead atoms. The van der Waals surface area contributed by atoms with E-state index >= 15 is 0 Å². The third kappa shape index (κ3) is 3.74. The first-order valence-electron chi connectivity index (χ1n) is 6.90. The fraction of sp³-hybridized carbons (Fsp3) is 0.294. The van der Waals surface area contributed by atoms with Gasteiger partial charge in [-0.15, -0.1) is 0 Å². The highest BCUT2D eigenvalue weighted by molar-refractivity contribution is 6.30. The molecule has 2 nitrogen and oxygen atoms in total. The van der Waals surface area contributed by atoms with Crippen LogP contribution >= 0.6 is 11.6 Å². The fourth-order valence-corrected chi connectivity index (χ4v) is 2.47. The summed E-state index contributed by atoms with van der Waals surface area (Å²) < 4.78 is 19.9. The summed E-state index contributed by atoms with van der Waals surface area (Å²) in [6.07, 6.45) is 0.0937. The maximum Gasteiger partial charge on any atom is 0.146 e. The van der Waals surface area contributed by atoms with E-state index in [1.165, 1.54) is 0 Å². The van der Waals surface area contributed by atoms with E-state index in [2.05, 4.69) is 5.32 Å². The summed E-state index contributed by atoms with van der Waals surface area (Å²) >= 11 is 5.87. The molecule has 0 amide bonds. The Bertz CT molecular complexity index is 615. The molecule has 0 spiro atoms. The average Bonchev–Trinajstić information content (AvgIpc) is 2.44. The fourth-order valence-electron chi connectivity index (χ4n) is 2.28. The van der Waals surface area contributed by atoms with Gasteiger partial charge in [0.1, 0.15) is 11.6 Å². The SMILES string of the molecule is CNC(c1cccc(OC(C)C)c1)c1cccc(Cl)c1F. The van der Waals surface area contributed by atoms with E-state index in [0.29, 0.717) is 5.56 Å². The van der Waals surface area contributed by atoms with Gasteiger partial charge in [0.2, 0.25) is 0 Å². The molecule has 2 aromatic rings. The number of hydrogen-bond acceptors (Lipinski definition) is 2. The largest absolute Gasteiger partial charge is 0.491 e. The molecule has 0 aliphatic carbocycles. The van der Waals surface area contributed by atoms with Gasteiger partial charge in [-0.3, -0.25) is 0 Å². The van der Waals surface area contributed by atoms with E-state index in [1.54, 1.807) is 25.2 Å². The van der Waals surface area contributed by atoms with Crippen molar-refractivity contribution in [1.82, 2.24) is 5.32 Å². The van der Waals surface area contributed by atoms with Crippen molar-refractivity contribution in [1.29, 1.82) is 0 Å². The molecule has 1 unspecified atom stereocenters. The summed E-state index contributed by atoms with van der Waals surface area (Å²) in [6, 6.07) is 12.4. The molecule has 0 heterocycles. The van der Waals surface area contributed by atoms with Gasteiger partial charge in [0, 0.05) is 5.56 Å². The summed E-state index contributed by atoms with van der Waals surface area (Å²) in [4.78, 5) is 0. The van der Waals surface area contributed by atoms with Gasteiger partial charge < -0.3 is 10.1 Å². The molecule has 0 aromatic heterocycles. The third-order valence-electron chi connectivity index (χ3n) is 3.14. The van der Waals surface area contributed by atoms with Gasteiger partial charge in [-0.05, 0) is 44.7 Å². The molecule has 112 valence electrons. The predicted octanol–water partition coefficient (Wildman–Crippen LogP) is 4.58. The Morgan fingerprint density at radius 1 is 1.14 bits per heavy atom. The lowest BCUT2D eigenvalue weighted by atomic mass is 9.98. The number of benzene rings is 2. The first-order valence-corrected chi connectivity index (χ1v) is 7.28. The van der Waals surface area contributed by atoms with Gasteiger partial charge in [0.05, 0.1) is 17.2 Å². The van der Waals surface area contributed by atoms with Gasteiger partial charge in [-0.25, -0.2) is 4.39 Å². The van der Waals surface area contributed by atoms with E-state index in [1.807, 2.05) is 38.1 Å². The molecule has 0 fully saturated rings. The van der Waals surface area contributed by atoms with Crippen molar-refractivity contribution >= 4 is 11.6 Å². The Balaban J connectivity index is 2.39. The molecule has 0 saturated carbocycles. The minimum atomic E-state index is -0.395. The summed E-state index contributed by atoms with van der Waals surface area (Å²) in [7, 11) is 1.79. The normalized spacial score (nSPS) is 12.5. The maximum absolute atomic E-state index is 14.2. The van der Waals surface area contributed by atoms with Gasteiger partial charge in [-0.2, -0.15) is 0 Å². The summed E-state index contributed by atoms with van der Waals surface area (Å²) in [5, 5.41) is 3.26. The number of hydrogen-bond donors (Lipinski definition) is 1. The van der Waals surface area contributed by atoms with Crippen LogP contribution in [0.5, 0.6) is 5.75 Å². The average molecular weight is 308 g/mol. The van der Waals surface area contributed by atoms with E-state index < -0.39 is 5.82 Å². The van der Waals surface area contributed by atoms with Crippen molar-refractivity contribution in [2.45, 2.75) is 26.0 Å². The van der Waals surface area contributed by atoms with Crippen LogP contribution < -0.4 is 10.1 Å². The predicted molar refractivity (Wildman–Crippen MR) is 84.5 cm³/mol. The van der Waals surface area contributed by atoms with Crippen LogP contribution in [0.3, 0.4) is 0 Å². The van der Waals surface area contributed by atoms with Crippen LogP contribution in [0.1, 0.15) is 31.0 Å². The van der Waals surface area contributed by atoms with E-state index in [4.69, 9.17) is 16.3 Å². The second-order valence-corrected chi connectivity index (χ2v) is 5.51. The second kappa shape index (κ2) is 6.92. The van der Waals surface area contributed by atoms with Crippen LogP contribution in [0.25, 0.3) is 0 Å². The van der Waals surface area contributed by atoms with Crippen LogP contribution in [-0.4, -0.2) is 13.2 Å². The molecular formula is C17H19ClFNO. The van der Waals surface area contributed by atoms with Crippen LogP contribution in [0.4, 0.5) is 4.39 Å². The minimum Gasteiger partial charge on any atom is -0.491 e. The monoisotopic (exact) mass is 307 g/mol. The Morgan fingerprint density at radius 2 is 1.86 bits per heavy atom. The van der Waals surface area contributed by atoms with Crippen molar-refractivity contribution in [2.24, 2.45) is 0 Å². The lowest BCUT2D eigenvalue weighted by Gasteiger charge is -2.19. The highest BCUT2D eigenvalue weighted by Crippen LogP contribution is 2.29. The lowest BCUT2D eigenvalue weighted by Crippen LogP contribution is -2.19. The first kappa shape index (κ1) is 15.8. The van der Waals surface area contributed by atoms with Crippen molar-refractivity contribution in [3.05, 3.63) is 64.4 Å². The topological polar surface area (TPSA) is 21.3 Å². The molecule has 0 aliphatic rings. The smallest absolute Gasteiger partial charge is 0.146 e. The van der Waals surface area contributed by atoms with Gasteiger partial charge in [0.25, 0.3) is 0 Å². The molecule has 1 N–H and O–H groups in total. The van der Waals surface area contributed by atoms with Crippen LogP contribution in [0.2, 0.25) is 5.02 Å². The van der Waals surface area contributed by atoms with Crippen molar-refractivity contribution in [2.75, 3.05) is 7.05 Å². The quantitative estimate of drug-likeness (QED) is 0.873. The molecule has 2 rings (SSSR count). The van der Waals surface area contributed by atoms with Crippen molar-refractivity contribution in [3.63, 3.8) is 0 Å². The summed E-state index contributed by atoms with van der Waals surface area (Å²) in [5.41, 5.74) is 1.45. The summed E-state index contributed by atoms with van der Waals surface area (Å²) in [6.45, 7) is 3.94. The van der Waals surface area contributed by atoms with Crippen LogP contribution in [-0.2, 0) is 0 Å². The van der Waals surface area contributed by atoms with Crippen molar-refractivity contribution in [3.8, 4) is 5.75 Å². The number of ether oxygens (including phenoxy) is 1. The minimum absolute atomic E-state index is 0.0937. The van der Waals surface area contributed by atoms with Crippen LogP contribution in [0, 0.1) is 5.82 Å². The molecule has 0 radical (unpaired) electrons. The van der Waals surface area contributed by atoms with E-state index in [-0.39, 0.29) is 17.2 Å². The highest BCUT2D eigenvalue weighted by Gasteiger charge is 2.18. The number of nitrogens with one attached hydrogen (secondary N) is 1. The van der Waals surface area contributed by atoms with Gasteiger partial charge in [-0.1, -0.05) is 35.9 Å². The molecule has 0 saturated heterocycles. The van der Waals surface area contributed by atoms with Gasteiger partial charge in [0.15, 0.2) is 0 Å². The lowest BCUT2D eigenvalue weighted by molar-refractivity contribution is 0.242. The van der Waals surface area contributed by atoms with Crippen molar-refractivity contribution < 1.29 is 9.13 Å². The zero-order chi connectivity index (χ0) is 15.4. The second-order valence-electron chi connectivity index (χ2n) is 5.10. The molecule has 1 atom stereocenters. The zero-order valence-corrected chi connectivity index (χ0v) is 13.1. The highest BCUT2D eigenvalue weighted by atomic mass is 35.5. The van der Waals surface area contributed by atoms with Gasteiger partial charge >= 0.3 is 0 Å². The molecular weight excluding hydrogens is 289 g/mol. The standard InChI is InChI=1S/C17H19ClFNO/c1-11(2)21-13-7-4-6-12(10-13)17(20-3)14-8-5-9-15(18)16(14)19/h4-11,17,20H,1-3H3. The summed E-state index contributed by atoms with van der Waals surface area (Å²) in [5.74, 6) is 0.374. The van der Waals surface area contributed by atoms with Crippen LogP contribution in [0.15, 0.2) is 42.5 Å².